The number of nitrogens with one attached hydrogen (secondary N) is 1. The van der Waals surface area contributed by atoms with Gasteiger partial charge in [0.1, 0.15) is 0 Å². The number of halogens is 3. The van der Waals surface area contributed by atoms with Gasteiger partial charge in [-0.25, -0.2) is 0 Å². The smallest absolute Gasteiger partial charge is 0.388 e. The summed E-state index contributed by atoms with van der Waals surface area (Å²) in [6, 6.07) is 5.59. The summed E-state index contributed by atoms with van der Waals surface area (Å²) in [7, 11) is 0. The van der Waals surface area contributed by atoms with Crippen LogP contribution in [0.3, 0.4) is 0 Å². The van der Waals surface area contributed by atoms with Crippen molar-refractivity contribution in [2.75, 3.05) is 11.9 Å². The lowest BCUT2D eigenvalue weighted by Gasteiger charge is -2.15. The van der Waals surface area contributed by atoms with Crippen molar-refractivity contribution in [1.82, 2.24) is 0 Å². The van der Waals surface area contributed by atoms with Gasteiger partial charge in [0.15, 0.2) is 0 Å². The number of para-hydroxylation sites is 1. The fourth-order valence-electron chi connectivity index (χ4n) is 2.30. The Balaban J connectivity index is 1.97. The number of fused-ring (bicyclic) bond motifs is 1. The Labute approximate surface area is 104 Å². The molecule has 2 nitrogen and oxygen atoms in total. The summed E-state index contributed by atoms with van der Waals surface area (Å²) in [4.78, 5) is 0. The third-order valence-electron chi connectivity index (χ3n) is 3.18. The molecule has 1 heterocycles. The number of hydrogen-bond acceptors (Lipinski definition) is 2. The van der Waals surface area contributed by atoms with Crippen LogP contribution >= 0.6 is 0 Å². The second-order valence-electron chi connectivity index (χ2n) is 4.58. The molecule has 0 aromatic heterocycles. The highest BCUT2D eigenvalue weighted by molar-refractivity contribution is 5.61. The number of alkyl halides is 3. The first-order valence-corrected chi connectivity index (χ1v) is 6.08. The first-order chi connectivity index (χ1) is 8.47. The third-order valence-corrected chi connectivity index (χ3v) is 3.18. The van der Waals surface area contributed by atoms with E-state index in [9.17, 15) is 18.3 Å². The van der Waals surface area contributed by atoms with E-state index in [2.05, 4.69) is 5.32 Å². The van der Waals surface area contributed by atoms with Gasteiger partial charge in [-0.15, -0.1) is 0 Å². The van der Waals surface area contributed by atoms with E-state index in [-0.39, 0.29) is 12.8 Å². The molecule has 0 aliphatic carbocycles. The Morgan fingerprint density at radius 3 is 2.83 bits per heavy atom. The molecule has 0 saturated heterocycles. The van der Waals surface area contributed by atoms with E-state index in [0.29, 0.717) is 5.56 Å². The molecule has 2 rings (SSSR count). The zero-order chi connectivity index (χ0) is 13.2. The Hall–Kier alpha value is -1.23. The standard InChI is InChI=1S/C13H16F3NO/c14-13(15,16)7-2-5-11(18)10-4-1-3-9-6-8-17-12(9)10/h1,3-4,11,17-18H,2,5-8H2. The molecule has 0 amide bonds. The van der Waals surface area contributed by atoms with Gasteiger partial charge < -0.3 is 10.4 Å². The molecule has 1 aliphatic rings. The van der Waals surface area contributed by atoms with Gasteiger partial charge in [-0.3, -0.25) is 0 Å². The molecule has 0 fully saturated rings. The summed E-state index contributed by atoms with van der Waals surface area (Å²) in [6.45, 7) is 0.821. The Bertz CT molecular complexity index is 417. The number of benzene rings is 1. The third kappa shape index (κ3) is 3.16. The van der Waals surface area contributed by atoms with Crippen molar-refractivity contribution < 1.29 is 18.3 Å². The van der Waals surface area contributed by atoms with E-state index in [1.165, 1.54) is 0 Å². The van der Waals surface area contributed by atoms with Crippen LogP contribution in [-0.4, -0.2) is 17.8 Å². The predicted octanol–water partition coefficient (Wildman–Crippen LogP) is 3.42. The molecule has 2 N–H and O–H groups in total. The number of anilines is 1. The molecule has 1 aliphatic heterocycles. The second-order valence-corrected chi connectivity index (χ2v) is 4.58. The summed E-state index contributed by atoms with van der Waals surface area (Å²) in [5, 5.41) is 13.1. The Kier molecular flexibility index (Phi) is 3.80. The van der Waals surface area contributed by atoms with Crippen LogP contribution in [0.25, 0.3) is 0 Å². The summed E-state index contributed by atoms with van der Waals surface area (Å²) < 4.78 is 36.1. The highest BCUT2D eigenvalue weighted by atomic mass is 19.4. The van der Waals surface area contributed by atoms with Crippen LogP contribution in [-0.2, 0) is 6.42 Å². The molecule has 18 heavy (non-hydrogen) atoms. The SMILES string of the molecule is OC(CCCC(F)(F)F)c1cccc2c1NCC2. The molecule has 0 bridgehead atoms. The molecule has 100 valence electrons. The summed E-state index contributed by atoms with van der Waals surface area (Å²) in [6.07, 6.45) is -4.82. The van der Waals surface area contributed by atoms with Crippen LogP contribution < -0.4 is 5.32 Å². The number of aliphatic hydroxyl groups excluding tert-OH is 1. The quantitative estimate of drug-likeness (QED) is 0.868. The van der Waals surface area contributed by atoms with Crippen molar-refractivity contribution in [2.24, 2.45) is 0 Å². The van der Waals surface area contributed by atoms with Crippen LogP contribution in [0.1, 0.15) is 36.5 Å². The lowest BCUT2D eigenvalue weighted by molar-refractivity contribution is -0.136. The van der Waals surface area contributed by atoms with Crippen LogP contribution in [0.4, 0.5) is 18.9 Å². The highest BCUT2D eigenvalue weighted by Gasteiger charge is 2.27. The summed E-state index contributed by atoms with van der Waals surface area (Å²) in [5.41, 5.74) is 2.74. The minimum Gasteiger partial charge on any atom is -0.388 e. The maximum absolute atomic E-state index is 12.0. The molecule has 0 spiro atoms. The van der Waals surface area contributed by atoms with Crippen LogP contribution in [0.15, 0.2) is 18.2 Å². The van der Waals surface area contributed by atoms with Crippen molar-refractivity contribution in [3.63, 3.8) is 0 Å². The highest BCUT2D eigenvalue weighted by Crippen LogP contribution is 2.33. The minimum absolute atomic E-state index is 0.0473. The second kappa shape index (κ2) is 5.18. The average Bonchev–Trinajstić information content (AvgIpc) is 2.74. The molecule has 0 radical (unpaired) electrons. The van der Waals surface area contributed by atoms with Crippen molar-refractivity contribution >= 4 is 5.69 Å². The van der Waals surface area contributed by atoms with Crippen molar-refractivity contribution in [1.29, 1.82) is 0 Å². The van der Waals surface area contributed by atoms with Gasteiger partial charge in [0.05, 0.1) is 6.10 Å². The topological polar surface area (TPSA) is 32.3 Å². The van der Waals surface area contributed by atoms with Crippen molar-refractivity contribution in [2.45, 2.75) is 38.0 Å². The number of rotatable bonds is 4. The van der Waals surface area contributed by atoms with Crippen LogP contribution in [0, 0.1) is 0 Å². The van der Waals surface area contributed by atoms with E-state index >= 15 is 0 Å². The molecule has 1 atom stereocenters. The van der Waals surface area contributed by atoms with Crippen molar-refractivity contribution in [3.05, 3.63) is 29.3 Å². The predicted molar refractivity (Wildman–Crippen MR) is 63.5 cm³/mol. The normalized spacial score (nSPS) is 16.2. The van der Waals surface area contributed by atoms with Gasteiger partial charge >= 0.3 is 6.18 Å². The van der Waals surface area contributed by atoms with Gasteiger partial charge in [0, 0.05) is 24.2 Å². The van der Waals surface area contributed by atoms with Crippen LogP contribution in [0.5, 0.6) is 0 Å². The lowest BCUT2D eigenvalue weighted by atomic mass is 9.99. The fraction of sp³-hybridized carbons (Fsp3) is 0.538. The monoisotopic (exact) mass is 259 g/mol. The maximum atomic E-state index is 12.0. The van der Waals surface area contributed by atoms with Gasteiger partial charge in [-0.2, -0.15) is 13.2 Å². The van der Waals surface area contributed by atoms with Crippen molar-refractivity contribution in [3.8, 4) is 0 Å². The summed E-state index contributed by atoms with van der Waals surface area (Å²) >= 11 is 0. The van der Waals surface area contributed by atoms with Gasteiger partial charge in [0.25, 0.3) is 0 Å². The Morgan fingerprint density at radius 1 is 1.33 bits per heavy atom. The number of hydrogen-bond donors (Lipinski definition) is 2. The van der Waals surface area contributed by atoms with Gasteiger partial charge in [-0.05, 0) is 24.8 Å². The molecule has 1 aromatic rings. The van der Waals surface area contributed by atoms with E-state index < -0.39 is 18.7 Å². The first-order valence-electron chi connectivity index (χ1n) is 6.08. The Morgan fingerprint density at radius 2 is 2.11 bits per heavy atom. The zero-order valence-corrected chi connectivity index (χ0v) is 9.93. The minimum atomic E-state index is -4.14. The van der Waals surface area contributed by atoms with E-state index in [4.69, 9.17) is 0 Å². The molecular formula is C13H16F3NO. The maximum Gasteiger partial charge on any atom is 0.389 e. The van der Waals surface area contributed by atoms with Gasteiger partial charge in [0.2, 0.25) is 0 Å². The molecule has 1 aromatic carbocycles. The largest absolute Gasteiger partial charge is 0.389 e. The fourth-order valence-corrected chi connectivity index (χ4v) is 2.30. The number of aliphatic hydroxyl groups is 1. The van der Waals surface area contributed by atoms with E-state index in [0.717, 1.165) is 24.2 Å². The lowest BCUT2D eigenvalue weighted by Crippen LogP contribution is -2.08. The molecule has 0 saturated carbocycles. The average molecular weight is 259 g/mol. The van der Waals surface area contributed by atoms with Gasteiger partial charge in [-0.1, -0.05) is 18.2 Å². The van der Waals surface area contributed by atoms with Crippen LogP contribution in [0.2, 0.25) is 0 Å². The molecule has 5 heteroatoms. The van der Waals surface area contributed by atoms with E-state index in [1.807, 2.05) is 12.1 Å². The first kappa shape index (κ1) is 13.2. The molecule has 1 unspecified atom stereocenters. The molecular weight excluding hydrogens is 243 g/mol. The van der Waals surface area contributed by atoms with E-state index in [1.54, 1.807) is 6.07 Å². The summed E-state index contributed by atoms with van der Waals surface area (Å²) in [5.74, 6) is 0. The zero-order valence-electron chi connectivity index (χ0n) is 9.93.